The fourth-order valence-corrected chi connectivity index (χ4v) is 3.43. The number of nitrogens with one attached hydrogen (secondary N) is 2. The van der Waals surface area contributed by atoms with Crippen LogP contribution >= 0.6 is 34.2 Å². The van der Waals surface area contributed by atoms with Gasteiger partial charge in [0.25, 0.3) is 0 Å². The van der Waals surface area contributed by atoms with Gasteiger partial charge in [0.05, 0.1) is 10.7 Å². The Morgan fingerprint density at radius 1 is 1.50 bits per heavy atom. The first-order valence-electron chi connectivity index (χ1n) is 6.88. The third-order valence-electron chi connectivity index (χ3n) is 4.08. The van der Waals surface area contributed by atoms with Crippen molar-refractivity contribution in [2.45, 2.75) is 26.7 Å². The van der Waals surface area contributed by atoms with Crippen LogP contribution in [0.1, 0.15) is 26.7 Å². The quantitative estimate of drug-likeness (QED) is 0.747. The van der Waals surface area contributed by atoms with Crippen LogP contribution in [0, 0.1) is 14.9 Å². The average Bonchev–Trinajstić information content (AvgIpc) is 2.42. The number of carbonyl (C=O) groups excluding carboxylic acids is 1. The van der Waals surface area contributed by atoms with Gasteiger partial charge in [-0.2, -0.15) is 0 Å². The van der Waals surface area contributed by atoms with Crippen molar-refractivity contribution in [2.24, 2.45) is 11.3 Å². The summed E-state index contributed by atoms with van der Waals surface area (Å²) in [7, 11) is 0. The normalized spacial score (nSPS) is 19.7. The molecule has 0 radical (unpaired) electrons. The summed E-state index contributed by atoms with van der Waals surface area (Å²) in [6.45, 7) is 5.99. The maximum absolute atomic E-state index is 12.6. The number of hydrogen-bond donors (Lipinski definition) is 2. The molecule has 1 aromatic carbocycles. The number of carbonyl (C=O) groups is 1. The number of hydrogen-bond acceptors (Lipinski definition) is 2. The van der Waals surface area contributed by atoms with E-state index >= 15 is 0 Å². The minimum atomic E-state index is -0.403. The summed E-state index contributed by atoms with van der Waals surface area (Å²) in [5, 5.41) is 6.93. The SMILES string of the molecule is CC(C)(C(=O)Nc1ccc(I)cc1Cl)C1CCCNC1. The molecule has 1 aromatic rings. The van der Waals surface area contributed by atoms with Gasteiger partial charge in [-0.1, -0.05) is 25.4 Å². The van der Waals surface area contributed by atoms with Crippen molar-refractivity contribution in [2.75, 3.05) is 18.4 Å². The molecule has 110 valence electrons. The molecule has 2 rings (SSSR count). The van der Waals surface area contributed by atoms with E-state index in [1.807, 2.05) is 32.0 Å². The van der Waals surface area contributed by atoms with E-state index in [1.165, 1.54) is 0 Å². The molecule has 0 aliphatic carbocycles. The molecular weight excluding hydrogens is 387 g/mol. The van der Waals surface area contributed by atoms with Crippen molar-refractivity contribution >= 4 is 45.8 Å². The van der Waals surface area contributed by atoms with Gasteiger partial charge < -0.3 is 10.6 Å². The Bertz CT molecular complexity index is 499. The molecule has 1 fully saturated rings. The number of rotatable bonds is 3. The maximum Gasteiger partial charge on any atom is 0.230 e. The van der Waals surface area contributed by atoms with Crippen molar-refractivity contribution < 1.29 is 4.79 Å². The van der Waals surface area contributed by atoms with Crippen molar-refractivity contribution in [3.05, 3.63) is 26.8 Å². The summed E-state index contributed by atoms with van der Waals surface area (Å²) < 4.78 is 1.06. The Morgan fingerprint density at radius 2 is 2.25 bits per heavy atom. The van der Waals surface area contributed by atoms with Gasteiger partial charge in [0.15, 0.2) is 0 Å². The van der Waals surface area contributed by atoms with Gasteiger partial charge in [-0.05, 0) is 72.6 Å². The zero-order valence-electron chi connectivity index (χ0n) is 11.8. The van der Waals surface area contributed by atoms with Crippen molar-refractivity contribution in [3.8, 4) is 0 Å². The van der Waals surface area contributed by atoms with Gasteiger partial charge in [-0.15, -0.1) is 0 Å². The third kappa shape index (κ3) is 3.65. The molecule has 1 amide bonds. The number of piperidine rings is 1. The van der Waals surface area contributed by atoms with Crippen LogP contribution in [0.15, 0.2) is 18.2 Å². The Balaban J connectivity index is 2.09. The molecule has 1 aliphatic heterocycles. The van der Waals surface area contributed by atoms with E-state index in [2.05, 4.69) is 33.2 Å². The predicted molar refractivity (Wildman–Crippen MR) is 92.2 cm³/mol. The molecule has 0 bridgehead atoms. The molecule has 0 saturated carbocycles. The molecule has 3 nitrogen and oxygen atoms in total. The van der Waals surface area contributed by atoms with Crippen LogP contribution in [-0.2, 0) is 4.79 Å². The Labute approximate surface area is 139 Å². The predicted octanol–water partition coefficient (Wildman–Crippen LogP) is 3.91. The lowest BCUT2D eigenvalue weighted by Gasteiger charge is -2.36. The second kappa shape index (κ2) is 6.62. The smallest absolute Gasteiger partial charge is 0.230 e. The highest BCUT2D eigenvalue weighted by Gasteiger charge is 2.37. The molecule has 5 heteroatoms. The first-order chi connectivity index (χ1) is 9.41. The lowest BCUT2D eigenvalue weighted by molar-refractivity contribution is -0.127. The fraction of sp³-hybridized carbons (Fsp3) is 0.533. The van der Waals surface area contributed by atoms with Crippen molar-refractivity contribution in [3.63, 3.8) is 0 Å². The van der Waals surface area contributed by atoms with Crippen molar-refractivity contribution in [1.29, 1.82) is 0 Å². The van der Waals surface area contributed by atoms with Crippen LogP contribution < -0.4 is 10.6 Å². The van der Waals surface area contributed by atoms with E-state index in [-0.39, 0.29) is 5.91 Å². The molecule has 1 heterocycles. The highest BCUT2D eigenvalue weighted by atomic mass is 127. The average molecular weight is 407 g/mol. The minimum absolute atomic E-state index is 0.0364. The molecular formula is C15H20ClIN2O. The summed E-state index contributed by atoms with van der Waals surface area (Å²) in [5.41, 5.74) is 0.286. The molecule has 1 atom stereocenters. The van der Waals surface area contributed by atoms with E-state index < -0.39 is 5.41 Å². The van der Waals surface area contributed by atoms with E-state index in [4.69, 9.17) is 11.6 Å². The van der Waals surface area contributed by atoms with Crippen LogP contribution in [-0.4, -0.2) is 19.0 Å². The summed E-state index contributed by atoms with van der Waals surface area (Å²) in [5.74, 6) is 0.396. The highest BCUT2D eigenvalue weighted by molar-refractivity contribution is 14.1. The molecule has 1 aliphatic rings. The molecule has 1 saturated heterocycles. The van der Waals surface area contributed by atoms with E-state index in [9.17, 15) is 4.79 Å². The molecule has 0 spiro atoms. The largest absolute Gasteiger partial charge is 0.324 e. The zero-order valence-corrected chi connectivity index (χ0v) is 14.7. The first-order valence-corrected chi connectivity index (χ1v) is 8.34. The fourth-order valence-electron chi connectivity index (χ4n) is 2.53. The summed E-state index contributed by atoms with van der Waals surface area (Å²) in [4.78, 5) is 12.6. The van der Waals surface area contributed by atoms with Gasteiger partial charge >= 0.3 is 0 Å². The summed E-state index contributed by atoms with van der Waals surface area (Å²) in [6.07, 6.45) is 2.22. The second-order valence-electron chi connectivity index (χ2n) is 5.84. The van der Waals surface area contributed by atoms with Crippen molar-refractivity contribution in [1.82, 2.24) is 5.32 Å². The molecule has 2 N–H and O–H groups in total. The van der Waals surface area contributed by atoms with E-state index in [0.29, 0.717) is 16.6 Å². The number of benzene rings is 1. The standard InChI is InChI=1S/C15H20ClIN2O/c1-15(2,10-4-3-7-18-9-10)14(20)19-13-6-5-11(17)8-12(13)16/h5-6,8,10,18H,3-4,7,9H2,1-2H3,(H,19,20). The second-order valence-corrected chi connectivity index (χ2v) is 7.50. The Morgan fingerprint density at radius 3 is 2.85 bits per heavy atom. The van der Waals surface area contributed by atoms with Gasteiger partial charge in [-0.3, -0.25) is 4.79 Å². The third-order valence-corrected chi connectivity index (χ3v) is 5.07. The van der Waals surface area contributed by atoms with Crippen LogP contribution in [0.2, 0.25) is 5.02 Å². The highest BCUT2D eigenvalue weighted by Crippen LogP contribution is 2.34. The lowest BCUT2D eigenvalue weighted by atomic mass is 9.74. The van der Waals surface area contributed by atoms with Gasteiger partial charge in [0.2, 0.25) is 5.91 Å². The lowest BCUT2D eigenvalue weighted by Crippen LogP contribution is -2.44. The van der Waals surface area contributed by atoms with E-state index in [0.717, 1.165) is 29.5 Å². The van der Waals surface area contributed by atoms with Gasteiger partial charge in [0, 0.05) is 8.99 Å². The first kappa shape index (κ1) is 16.0. The van der Waals surface area contributed by atoms with Crippen LogP contribution in [0.4, 0.5) is 5.69 Å². The summed E-state index contributed by atoms with van der Waals surface area (Å²) in [6, 6.07) is 5.65. The number of halogens is 2. The van der Waals surface area contributed by atoms with E-state index in [1.54, 1.807) is 0 Å². The van der Waals surface area contributed by atoms with Crippen LogP contribution in [0.3, 0.4) is 0 Å². The molecule has 0 aromatic heterocycles. The van der Waals surface area contributed by atoms with Gasteiger partial charge in [0.1, 0.15) is 0 Å². The van der Waals surface area contributed by atoms with Crippen LogP contribution in [0.25, 0.3) is 0 Å². The Kier molecular flexibility index (Phi) is 5.31. The number of anilines is 1. The zero-order chi connectivity index (χ0) is 14.8. The van der Waals surface area contributed by atoms with Gasteiger partial charge in [-0.25, -0.2) is 0 Å². The minimum Gasteiger partial charge on any atom is -0.324 e. The van der Waals surface area contributed by atoms with Crippen LogP contribution in [0.5, 0.6) is 0 Å². The summed E-state index contributed by atoms with van der Waals surface area (Å²) >= 11 is 8.38. The molecule has 20 heavy (non-hydrogen) atoms. The topological polar surface area (TPSA) is 41.1 Å². The Hall–Kier alpha value is -0.330. The monoisotopic (exact) mass is 406 g/mol. The molecule has 1 unspecified atom stereocenters. The maximum atomic E-state index is 12.6. The number of amides is 1.